The molecule has 5 heteroatoms. The van der Waals surface area contributed by atoms with E-state index in [4.69, 9.17) is 0 Å². The van der Waals surface area contributed by atoms with Gasteiger partial charge in [-0.15, -0.1) is 5.10 Å². The lowest BCUT2D eigenvalue weighted by Gasteiger charge is -2.25. The summed E-state index contributed by atoms with van der Waals surface area (Å²) in [5, 5.41) is 8.71. The molecule has 0 spiro atoms. The summed E-state index contributed by atoms with van der Waals surface area (Å²) in [6, 6.07) is 0. The van der Waals surface area contributed by atoms with Gasteiger partial charge in [-0.2, -0.15) is 0 Å². The molecule has 0 fully saturated rings. The molecular weight excluding hydrogens is 244 g/mol. The van der Waals surface area contributed by atoms with Crippen molar-refractivity contribution in [1.29, 1.82) is 0 Å². The Balaban J connectivity index is 2.65. The molecule has 0 unspecified atom stereocenters. The molecule has 0 aliphatic carbocycles. The smallest absolute Gasteiger partial charge is 0.134 e. The van der Waals surface area contributed by atoms with Crippen molar-refractivity contribution in [3.8, 4) is 0 Å². The first kappa shape index (κ1) is 15.4. The predicted octanol–water partition coefficient (Wildman–Crippen LogP) is 3.08. The van der Waals surface area contributed by atoms with E-state index in [2.05, 4.69) is 54.4 Å². The second-order valence-electron chi connectivity index (χ2n) is 5.56. The van der Waals surface area contributed by atoms with Crippen molar-refractivity contribution in [2.24, 2.45) is 11.8 Å². The number of rotatable bonds is 8. The summed E-state index contributed by atoms with van der Waals surface area (Å²) in [4.78, 5) is 2.48. The zero-order valence-electron chi connectivity index (χ0n) is 12.2. The molecule has 4 nitrogen and oxygen atoms in total. The molecule has 1 N–H and O–H groups in total. The topological polar surface area (TPSA) is 41.1 Å². The van der Waals surface area contributed by atoms with Crippen molar-refractivity contribution in [3.05, 3.63) is 5.69 Å². The molecule has 1 aromatic heterocycles. The molecule has 0 amide bonds. The van der Waals surface area contributed by atoms with E-state index < -0.39 is 0 Å². The number of nitrogens with one attached hydrogen (secondary N) is 1. The molecule has 104 valence electrons. The van der Waals surface area contributed by atoms with E-state index in [1.54, 1.807) is 0 Å². The van der Waals surface area contributed by atoms with Gasteiger partial charge in [-0.25, -0.2) is 0 Å². The number of hydrogen-bond acceptors (Lipinski definition) is 5. The van der Waals surface area contributed by atoms with Gasteiger partial charge >= 0.3 is 0 Å². The second kappa shape index (κ2) is 7.69. The third kappa shape index (κ3) is 5.31. The molecule has 0 aromatic carbocycles. The van der Waals surface area contributed by atoms with Crippen LogP contribution in [0.4, 0.5) is 5.00 Å². The largest absolute Gasteiger partial charge is 0.374 e. The van der Waals surface area contributed by atoms with Crippen LogP contribution in [-0.2, 0) is 6.54 Å². The Kier molecular flexibility index (Phi) is 6.57. The van der Waals surface area contributed by atoms with E-state index in [-0.39, 0.29) is 0 Å². The molecule has 0 atom stereocenters. The first-order valence-electron chi connectivity index (χ1n) is 6.80. The summed E-state index contributed by atoms with van der Waals surface area (Å²) in [5.41, 5.74) is 1.09. The molecule has 0 aliphatic rings. The highest BCUT2D eigenvalue weighted by Crippen LogP contribution is 2.20. The van der Waals surface area contributed by atoms with Crippen molar-refractivity contribution in [2.45, 2.75) is 41.2 Å². The zero-order valence-corrected chi connectivity index (χ0v) is 13.0. The zero-order chi connectivity index (χ0) is 13.5. The Morgan fingerprint density at radius 3 is 2.28 bits per heavy atom. The van der Waals surface area contributed by atoms with Crippen molar-refractivity contribution in [3.63, 3.8) is 0 Å². The lowest BCUT2D eigenvalue weighted by atomic mass is 10.1. The maximum Gasteiger partial charge on any atom is 0.134 e. The van der Waals surface area contributed by atoms with E-state index >= 15 is 0 Å². The van der Waals surface area contributed by atoms with E-state index in [1.807, 2.05) is 0 Å². The summed E-state index contributed by atoms with van der Waals surface area (Å²) >= 11 is 1.45. The quantitative estimate of drug-likeness (QED) is 0.788. The summed E-state index contributed by atoms with van der Waals surface area (Å²) < 4.78 is 4.05. The van der Waals surface area contributed by atoms with Crippen molar-refractivity contribution < 1.29 is 0 Å². The average Bonchev–Trinajstić information content (AvgIpc) is 2.64. The summed E-state index contributed by atoms with van der Waals surface area (Å²) in [6.07, 6.45) is 0. The number of nitrogens with zero attached hydrogens (tertiary/aromatic N) is 3. The van der Waals surface area contributed by atoms with Crippen LogP contribution in [0.15, 0.2) is 0 Å². The van der Waals surface area contributed by atoms with Gasteiger partial charge in [-0.1, -0.05) is 32.2 Å². The van der Waals surface area contributed by atoms with Crippen LogP contribution < -0.4 is 5.32 Å². The monoisotopic (exact) mass is 270 g/mol. The van der Waals surface area contributed by atoms with Crippen LogP contribution in [0.3, 0.4) is 0 Å². The third-order valence-electron chi connectivity index (χ3n) is 2.51. The fourth-order valence-corrected chi connectivity index (χ4v) is 2.70. The Labute approximate surface area is 115 Å². The minimum absolute atomic E-state index is 0.679. The van der Waals surface area contributed by atoms with Gasteiger partial charge in [0.05, 0.1) is 0 Å². The summed E-state index contributed by atoms with van der Waals surface area (Å²) in [6.45, 7) is 15.2. The van der Waals surface area contributed by atoms with E-state index in [9.17, 15) is 0 Å². The minimum atomic E-state index is 0.679. The Hall–Kier alpha value is -0.680. The molecule has 1 heterocycles. The molecule has 18 heavy (non-hydrogen) atoms. The van der Waals surface area contributed by atoms with Crippen LogP contribution >= 0.6 is 11.5 Å². The third-order valence-corrected chi connectivity index (χ3v) is 3.24. The minimum Gasteiger partial charge on any atom is -0.374 e. The van der Waals surface area contributed by atoms with Gasteiger partial charge in [0, 0.05) is 37.7 Å². The molecule has 1 rings (SSSR count). The number of aromatic nitrogens is 2. The van der Waals surface area contributed by atoms with Crippen LogP contribution in [0.2, 0.25) is 0 Å². The maximum atomic E-state index is 4.25. The standard InChI is InChI=1S/C13H26N4S/c1-6-14-13-12(15-16-18-13)9-17(7-10(2)3)8-11(4)5/h10-11,14H,6-9H2,1-5H3. The number of anilines is 1. The van der Waals surface area contributed by atoms with Gasteiger partial charge in [-0.3, -0.25) is 4.90 Å². The molecular formula is C13H26N4S. The van der Waals surface area contributed by atoms with Crippen LogP contribution in [-0.4, -0.2) is 34.1 Å². The van der Waals surface area contributed by atoms with Gasteiger partial charge in [0.15, 0.2) is 0 Å². The number of hydrogen-bond donors (Lipinski definition) is 1. The van der Waals surface area contributed by atoms with Gasteiger partial charge in [0.2, 0.25) is 0 Å². The molecule has 0 aliphatic heterocycles. The first-order chi connectivity index (χ1) is 8.52. The fraction of sp³-hybridized carbons (Fsp3) is 0.846. The van der Waals surface area contributed by atoms with Crippen molar-refractivity contribution in [1.82, 2.24) is 14.5 Å². The summed E-state index contributed by atoms with van der Waals surface area (Å²) in [5.74, 6) is 1.36. The molecule has 0 radical (unpaired) electrons. The molecule has 0 saturated carbocycles. The SMILES string of the molecule is CCNc1snnc1CN(CC(C)C)CC(C)C. The van der Waals surface area contributed by atoms with E-state index in [0.717, 1.165) is 36.9 Å². The van der Waals surface area contributed by atoms with E-state index in [0.29, 0.717) is 11.8 Å². The Morgan fingerprint density at radius 1 is 1.17 bits per heavy atom. The normalized spacial score (nSPS) is 11.8. The highest BCUT2D eigenvalue weighted by Gasteiger charge is 2.14. The van der Waals surface area contributed by atoms with Crippen LogP contribution in [0.5, 0.6) is 0 Å². The molecule has 0 bridgehead atoms. The van der Waals surface area contributed by atoms with Crippen molar-refractivity contribution in [2.75, 3.05) is 25.0 Å². The van der Waals surface area contributed by atoms with Gasteiger partial charge in [0.1, 0.15) is 10.7 Å². The lowest BCUT2D eigenvalue weighted by Crippen LogP contribution is -2.31. The van der Waals surface area contributed by atoms with Gasteiger partial charge < -0.3 is 5.32 Å². The Morgan fingerprint density at radius 2 is 1.78 bits per heavy atom. The highest BCUT2D eigenvalue weighted by atomic mass is 32.1. The van der Waals surface area contributed by atoms with Gasteiger partial charge in [0.25, 0.3) is 0 Å². The van der Waals surface area contributed by atoms with E-state index in [1.165, 1.54) is 11.5 Å². The molecule has 0 saturated heterocycles. The summed E-state index contributed by atoms with van der Waals surface area (Å²) in [7, 11) is 0. The van der Waals surface area contributed by atoms with Crippen LogP contribution in [0.1, 0.15) is 40.3 Å². The predicted molar refractivity (Wildman–Crippen MR) is 79.0 cm³/mol. The highest BCUT2D eigenvalue weighted by molar-refractivity contribution is 7.10. The average molecular weight is 270 g/mol. The molecule has 1 aromatic rings. The van der Waals surface area contributed by atoms with Crippen LogP contribution in [0.25, 0.3) is 0 Å². The van der Waals surface area contributed by atoms with Gasteiger partial charge in [-0.05, 0) is 18.8 Å². The maximum absolute atomic E-state index is 4.25. The first-order valence-corrected chi connectivity index (χ1v) is 7.57. The van der Waals surface area contributed by atoms with Crippen LogP contribution in [0, 0.1) is 11.8 Å². The fourth-order valence-electron chi connectivity index (χ4n) is 2.06. The lowest BCUT2D eigenvalue weighted by molar-refractivity contribution is 0.209. The van der Waals surface area contributed by atoms with Crippen molar-refractivity contribution >= 4 is 16.5 Å². The Bertz CT molecular complexity index is 325. The second-order valence-corrected chi connectivity index (χ2v) is 6.31.